The smallest absolute Gasteiger partial charge is 0.0365 e. The zero-order valence-electron chi connectivity index (χ0n) is 22.4. The van der Waals surface area contributed by atoms with Crippen LogP contribution in [0, 0.1) is 23.7 Å². The molecule has 0 saturated carbocycles. The molecule has 36 heavy (non-hydrogen) atoms. The van der Waals surface area contributed by atoms with E-state index in [1.165, 1.54) is 16.9 Å². The van der Waals surface area contributed by atoms with Gasteiger partial charge in [0.1, 0.15) is 0 Å². The van der Waals surface area contributed by atoms with Gasteiger partial charge in [-0.15, -0.1) is 0 Å². The Balaban J connectivity index is 1.83. The molecule has 0 bridgehead atoms. The minimum absolute atomic E-state index is 0.0768. The summed E-state index contributed by atoms with van der Waals surface area (Å²) in [5.41, 5.74) is 7.60. The predicted molar refractivity (Wildman–Crippen MR) is 156 cm³/mol. The first-order chi connectivity index (χ1) is 17.1. The van der Waals surface area contributed by atoms with E-state index >= 15 is 0 Å². The predicted octanol–water partition coefficient (Wildman–Crippen LogP) is 7.07. The van der Waals surface area contributed by atoms with Crippen LogP contribution in [0.5, 0.6) is 0 Å². The maximum atomic E-state index is 3.53. The lowest BCUT2D eigenvalue weighted by Crippen LogP contribution is -2.14. The van der Waals surface area contributed by atoms with Crippen molar-refractivity contribution in [1.29, 1.82) is 0 Å². The first-order valence-corrected chi connectivity index (χ1v) is 12.3. The van der Waals surface area contributed by atoms with Crippen molar-refractivity contribution in [2.75, 3.05) is 38.0 Å². The van der Waals surface area contributed by atoms with E-state index < -0.39 is 0 Å². The SMILES string of the molecule is CN(C)c1ccc(C#Cc2cc(C(C)(C)C)c(C#Cc3ccc(N(C)C)cc3)c3ccccc23)cc1. The summed E-state index contributed by atoms with van der Waals surface area (Å²) in [5.74, 6) is 13.8. The first-order valence-electron chi connectivity index (χ1n) is 12.3. The van der Waals surface area contributed by atoms with Gasteiger partial charge >= 0.3 is 0 Å². The van der Waals surface area contributed by atoms with E-state index in [0.29, 0.717) is 0 Å². The number of anilines is 2. The van der Waals surface area contributed by atoms with Gasteiger partial charge in [-0.1, -0.05) is 68.7 Å². The molecule has 2 heteroatoms. The summed E-state index contributed by atoms with van der Waals surface area (Å²) in [6.07, 6.45) is 0. The normalized spacial score (nSPS) is 10.8. The second kappa shape index (κ2) is 10.2. The number of hydrogen-bond acceptors (Lipinski definition) is 2. The van der Waals surface area contributed by atoms with Crippen LogP contribution in [-0.2, 0) is 5.41 Å². The summed E-state index contributed by atoms with van der Waals surface area (Å²) in [5, 5.41) is 2.28. The second-order valence-electron chi connectivity index (χ2n) is 10.5. The van der Waals surface area contributed by atoms with Crippen LogP contribution in [0.1, 0.15) is 48.6 Å². The van der Waals surface area contributed by atoms with Gasteiger partial charge in [-0.3, -0.25) is 0 Å². The highest BCUT2D eigenvalue weighted by Gasteiger charge is 2.20. The van der Waals surface area contributed by atoms with Crippen molar-refractivity contribution in [3.63, 3.8) is 0 Å². The van der Waals surface area contributed by atoms with E-state index in [4.69, 9.17) is 0 Å². The fourth-order valence-corrected chi connectivity index (χ4v) is 4.16. The minimum Gasteiger partial charge on any atom is -0.378 e. The molecule has 0 atom stereocenters. The van der Waals surface area contributed by atoms with Gasteiger partial charge in [0.2, 0.25) is 0 Å². The number of benzene rings is 4. The Bertz CT molecular complexity index is 1490. The number of nitrogens with zero attached hydrogens (tertiary/aromatic N) is 2. The second-order valence-corrected chi connectivity index (χ2v) is 10.5. The standard InChI is InChI=1S/C34H34N2/c1-34(2,3)33-24-27(18-12-25-13-19-28(20-14-25)35(4)5)30-10-8-9-11-31(30)32(33)23-17-26-15-21-29(22-16-26)36(6)7/h8-11,13-16,19-22,24H,1-7H3. The molecular formula is C34H34N2. The molecule has 0 aliphatic rings. The highest BCUT2D eigenvalue weighted by atomic mass is 15.1. The summed E-state index contributed by atoms with van der Waals surface area (Å²) in [4.78, 5) is 4.19. The molecule has 0 spiro atoms. The van der Waals surface area contributed by atoms with Crippen molar-refractivity contribution < 1.29 is 0 Å². The molecule has 0 aromatic heterocycles. The van der Waals surface area contributed by atoms with Gasteiger partial charge in [-0.2, -0.15) is 0 Å². The lowest BCUT2D eigenvalue weighted by molar-refractivity contribution is 0.589. The van der Waals surface area contributed by atoms with Gasteiger partial charge in [-0.05, 0) is 76.3 Å². The Kier molecular flexibility index (Phi) is 7.10. The number of hydrogen-bond donors (Lipinski definition) is 0. The van der Waals surface area contributed by atoms with Crippen molar-refractivity contribution in [1.82, 2.24) is 0 Å². The van der Waals surface area contributed by atoms with Crippen LogP contribution in [-0.4, -0.2) is 28.2 Å². The van der Waals surface area contributed by atoms with E-state index in [1.54, 1.807) is 0 Å². The molecule has 0 unspecified atom stereocenters. The molecule has 0 aliphatic heterocycles. The third-order valence-corrected chi connectivity index (χ3v) is 6.29. The number of rotatable bonds is 2. The van der Waals surface area contributed by atoms with Crippen LogP contribution in [0.15, 0.2) is 78.9 Å². The minimum atomic E-state index is -0.0768. The zero-order chi connectivity index (χ0) is 25.9. The van der Waals surface area contributed by atoms with E-state index in [9.17, 15) is 0 Å². The molecule has 2 nitrogen and oxygen atoms in total. The molecule has 0 saturated heterocycles. The Morgan fingerprint density at radius 1 is 0.556 bits per heavy atom. The lowest BCUT2D eigenvalue weighted by Gasteiger charge is -2.23. The van der Waals surface area contributed by atoms with E-state index in [2.05, 4.69) is 133 Å². The molecule has 180 valence electrons. The summed E-state index contributed by atoms with van der Waals surface area (Å²) in [6.45, 7) is 6.72. The van der Waals surface area contributed by atoms with Crippen molar-refractivity contribution in [2.24, 2.45) is 0 Å². The van der Waals surface area contributed by atoms with Crippen LogP contribution in [0.25, 0.3) is 10.8 Å². The third-order valence-electron chi connectivity index (χ3n) is 6.29. The highest BCUT2D eigenvalue weighted by molar-refractivity contribution is 5.94. The van der Waals surface area contributed by atoms with Gasteiger partial charge in [0.15, 0.2) is 0 Å². The Morgan fingerprint density at radius 2 is 1.03 bits per heavy atom. The summed E-state index contributed by atoms with van der Waals surface area (Å²) >= 11 is 0. The van der Waals surface area contributed by atoms with Gasteiger partial charge in [0.05, 0.1) is 0 Å². The monoisotopic (exact) mass is 470 g/mol. The lowest BCUT2D eigenvalue weighted by atomic mass is 9.80. The Labute approximate surface area is 216 Å². The van der Waals surface area contributed by atoms with E-state index in [-0.39, 0.29) is 5.41 Å². The van der Waals surface area contributed by atoms with Crippen LogP contribution in [0.2, 0.25) is 0 Å². The van der Waals surface area contributed by atoms with Crippen LogP contribution < -0.4 is 9.80 Å². The van der Waals surface area contributed by atoms with Gasteiger partial charge < -0.3 is 9.80 Å². The molecule has 4 aromatic carbocycles. The Morgan fingerprint density at radius 3 is 1.50 bits per heavy atom. The molecule has 0 amide bonds. The molecular weight excluding hydrogens is 436 g/mol. The zero-order valence-corrected chi connectivity index (χ0v) is 22.4. The largest absolute Gasteiger partial charge is 0.378 e. The van der Waals surface area contributed by atoms with E-state index in [1.807, 2.05) is 28.2 Å². The fraction of sp³-hybridized carbons (Fsp3) is 0.235. The van der Waals surface area contributed by atoms with Crippen LogP contribution in [0.4, 0.5) is 11.4 Å². The molecule has 0 radical (unpaired) electrons. The average molecular weight is 471 g/mol. The molecule has 0 N–H and O–H groups in total. The summed E-state index contributed by atoms with van der Waals surface area (Å²) in [6, 6.07) is 27.5. The maximum absolute atomic E-state index is 3.53. The third kappa shape index (κ3) is 5.56. The summed E-state index contributed by atoms with van der Waals surface area (Å²) < 4.78 is 0. The first kappa shape index (κ1) is 25.0. The fourth-order valence-electron chi connectivity index (χ4n) is 4.16. The van der Waals surface area contributed by atoms with Crippen molar-refractivity contribution in [3.05, 3.63) is 107 Å². The molecule has 4 rings (SSSR count). The Hall–Kier alpha value is -4.14. The van der Waals surface area contributed by atoms with Crippen LogP contribution >= 0.6 is 0 Å². The number of fused-ring (bicyclic) bond motifs is 1. The van der Waals surface area contributed by atoms with E-state index in [0.717, 1.165) is 33.0 Å². The molecule has 0 fully saturated rings. The summed E-state index contributed by atoms with van der Waals surface area (Å²) in [7, 11) is 8.19. The van der Waals surface area contributed by atoms with Crippen molar-refractivity contribution in [3.8, 4) is 23.7 Å². The maximum Gasteiger partial charge on any atom is 0.0365 e. The van der Waals surface area contributed by atoms with Gasteiger partial charge in [-0.25, -0.2) is 0 Å². The molecule has 0 heterocycles. The molecule has 4 aromatic rings. The highest BCUT2D eigenvalue weighted by Crippen LogP contribution is 2.33. The van der Waals surface area contributed by atoms with Crippen molar-refractivity contribution >= 4 is 22.1 Å². The molecule has 0 aliphatic carbocycles. The average Bonchev–Trinajstić information content (AvgIpc) is 2.86. The quantitative estimate of drug-likeness (QED) is 0.289. The topological polar surface area (TPSA) is 6.48 Å². The van der Waals surface area contributed by atoms with Gasteiger partial charge in [0.25, 0.3) is 0 Å². The van der Waals surface area contributed by atoms with Gasteiger partial charge in [0, 0.05) is 61.8 Å². The van der Waals surface area contributed by atoms with Crippen LogP contribution in [0.3, 0.4) is 0 Å². The van der Waals surface area contributed by atoms with Crippen molar-refractivity contribution in [2.45, 2.75) is 26.2 Å².